The van der Waals surface area contributed by atoms with Crippen LogP contribution in [0.3, 0.4) is 0 Å². The van der Waals surface area contributed by atoms with E-state index in [4.69, 9.17) is 9.47 Å². The van der Waals surface area contributed by atoms with Gasteiger partial charge in [-0.1, -0.05) is 6.07 Å². The van der Waals surface area contributed by atoms with Gasteiger partial charge < -0.3 is 14.8 Å². The standard InChI is InChI=1S/C20H21BrN4O5/c21-16-10-15(25(27)28)2-3-17(16)22-20(26)12-24-7-5-23(6-8-24)11-14-1-4-18-19(9-14)30-13-29-18/h1-4,9-10H,5-8,11-13H2,(H,22,26). The molecular formula is C20H21BrN4O5. The molecule has 0 aliphatic carbocycles. The van der Waals surface area contributed by atoms with E-state index in [2.05, 4.69) is 37.1 Å². The van der Waals surface area contributed by atoms with Crippen molar-refractivity contribution in [3.63, 3.8) is 0 Å². The first kappa shape index (κ1) is 20.6. The van der Waals surface area contributed by atoms with Crippen molar-refractivity contribution in [2.45, 2.75) is 6.54 Å². The van der Waals surface area contributed by atoms with Crippen molar-refractivity contribution >= 4 is 33.2 Å². The van der Waals surface area contributed by atoms with Gasteiger partial charge in [-0.05, 0) is 39.7 Å². The third-order valence-electron chi connectivity index (χ3n) is 5.11. The largest absolute Gasteiger partial charge is 0.454 e. The fraction of sp³-hybridized carbons (Fsp3) is 0.350. The highest BCUT2D eigenvalue weighted by molar-refractivity contribution is 9.10. The van der Waals surface area contributed by atoms with Crippen LogP contribution < -0.4 is 14.8 Å². The van der Waals surface area contributed by atoms with Gasteiger partial charge in [-0.25, -0.2) is 0 Å². The molecule has 2 aromatic carbocycles. The summed E-state index contributed by atoms with van der Waals surface area (Å²) < 4.78 is 11.3. The average Bonchev–Trinajstić information content (AvgIpc) is 3.19. The van der Waals surface area contributed by atoms with E-state index >= 15 is 0 Å². The number of nitrogens with one attached hydrogen (secondary N) is 1. The molecule has 0 saturated carbocycles. The predicted molar refractivity (Wildman–Crippen MR) is 114 cm³/mol. The van der Waals surface area contributed by atoms with Crippen LogP contribution in [0.4, 0.5) is 11.4 Å². The fourth-order valence-corrected chi connectivity index (χ4v) is 3.98. The Morgan fingerprint density at radius 2 is 1.80 bits per heavy atom. The molecule has 1 saturated heterocycles. The number of carbonyl (C=O) groups is 1. The number of amides is 1. The van der Waals surface area contributed by atoms with E-state index in [1.807, 2.05) is 12.1 Å². The first-order chi connectivity index (χ1) is 14.5. The number of fused-ring (bicyclic) bond motifs is 1. The zero-order valence-corrected chi connectivity index (χ0v) is 17.8. The van der Waals surface area contributed by atoms with E-state index < -0.39 is 4.92 Å². The number of non-ortho nitro benzene ring substituents is 1. The molecule has 158 valence electrons. The average molecular weight is 477 g/mol. The Balaban J connectivity index is 1.24. The van der Waals surface area contributed by atoms with E-state index in [9.17, 15) is 14.9 Å². The molecule has 0 spiro atoms. The molecule has 2 aromatic rings. The number of hydrogen-bond donors (Lipinski definition) is 1. The maximum absolute atomic E-state index is 12.4. The third kappa shape index (κ3) is 4.89. The van der Waals surface area contributed by atoms with Crippen LogP contribution in [0.1, 0.15) is 5.56 Å². The van der Waals surface area contributed by atoms with E-state index in [0.717, 1.165) is 44.2 Å². The first-order valence-corrected chi connectivity index (χ1v) is 10.3. The number of halogens is 1. The summed E-state index contributed by atoms with van der Waals surface area (Å²) in [6.45, 7) is 4.69. The number of rotatable bonds is 6. The number of ether oxygens (including phenoxy) is 2. The number of hydrogen-bond acceptors (Lipinski definition) is 7. The van der Waals surface area contributed by atoms with Crippen LogP contribution in [0.25, 0.3) is 0 Å². The highest BCUT2D eigenvalue weighted by Gasteiger charge is 2.21. The number of nitro groups is 1. The molecule has 1 fully saturated rings. The van der Waals surface area contributed by atoms with E-state index in [-0.39, 0.29) is 24.9 Å². The van der Waals surface area contributed by atoms with Crippen LogP contribution in [0.5, 0.6) is 11.5 Å². The summed E-state index contributed by atoms with van der Waals surface area (Å²) in [5, 5.41) is 13.6. The maximum Gasteiger partial charge on any atom is 0.270 e. The Labute approximate surface area is 181 Å². The zero-order valence-electron chi connectivity index (χ0n) is 16.2. The van der Waals surface area contributed by atoms with Crippen molar-refractivity contribution in [1.82, 2.24) is 9.80 Å². The summed E-state index contributed by atoms with van der Waals surface area (Å²) in [4.78, 5) is 27.2. The lowest BCUT2D eigenvalue weighted by atomic mass is 10.1. The lowest BCUT2D eigenvalue weighted by Crippen LogP contribution is -2.48. The van der Waals surface area contributed by atoms with Crippen LogP contribution in [0.15, 0.2) is 40.9 Å². The summed E-state index contributed by atoms with van der Waals surface area (Å²) in [6, 6.07) is 10.3. The van der Waals surface area contributed by atoms with Gasteiger partial charge in [0, 0.05) is 49.3 Å². The fourth-order valence-electron chi connectivity index (χ4n) is 3.51. The minimum absolute atomic E-state index is 0.0292. The number of nitrogens with zero attached hydrogens (tertiary/aromatic N) is 3. The molecule has 9 nitrogen and oxygen atoms in total. The third-order valence-corrected chi connectivity index (χ3v) is 5.77. The molecule has 0 aromatic heterocycles. The van der Waals surface area contributed by atoms with Gasteiger partial charge in [0.25, 0.3) is 5.69 Å². The van der Waals surface area contributed by atoms with Crippen molar-refractivity contribution in [2.24, 2.45) is 0 Å². The number of nitro benzene ring substituents is 1. The van der Waals surface area contributed by atoms with Gasteiger partial charge >= 0.3 is 0 Å². The summed E-state index contributed by atoms with van der Waals surface area (Å²) in [6.07, 6.45) is 0. The second-order valence-corrected chi connectivity index (χ2v) is 8.06. The lowest BCUT2D eigenvalue weighted by Gasteiger charge is -2.34. The smallest absolute Gasteiger partial charge is 0.270 e. The predicted octanol–water partition coefficient (Wildman–Crippen LogP) is 2.84. The molecule has 2 heterocycles. The van der Waals surface area contributed by atoms with Gasteiger partial charge in [0.15, 0.2) is 11.5 Å². The molecule has 10 heteroatoms. The molecule has 4 rings (SSSR count). The molecule has 0 unspecified atom stereocenters. The summed E-state index contributed by atoms with van der Waals surface area (Å²) >= 11 is 3.27. The lowest BCUT2D eigenvalue weighted by molar-refractivity contribution is -0.384. The first-order valence-electron chi connectivity index (χ1n) is 9.55. The van der Waals surface area contributed by atoms with Gasteiger partial charge in [0.1, 0.15) is 0 Å². The van der Waals surface area contributed by atoms with Crippen LogP contribution in [-0.4, -0.2) is 60.1 Å². The minimum Gasteiger partial charge on any atom is -0.454 e. The summed E-state index contributed by atoms with van der Waals surface area (Å²) in [7, 11) is 0. The molecule has 0 atom stereocenters. The van der Waals surface area contributed by atoms with Gasteiger partial charge in [0.05, 0.1) is 17.2 Å². The van der Waals surface area contributed by atoms with Gasteiger partial charge in [-0.3, -0.25) is 24.7 Å². The van der Waals surface area contributed by atoms with Crippen molar-refractivity contribution in [3.05, 3.63) is 56.5 Å². The van der Waals surface area contributed by atoms with Gasteiger partial charge in [-0.2, -0.15) is 0 Å². The number of benzene rings is 2. The minimum atomic E-state index is -0.473. The SMILES string of the molecule is O=C(CN1CCN(Cc2ccc3c(c2)OCO3)CC1)Nc1ccc([N+](=O)[O-])cc1Br. The zero-order chi connectivity index (χ0) is 21.1. The Bertz CT molecular complexity index is 962. The molecular weight excluding hydrogens is 456 g/mol. The quantitative estimate of drug-likeness (QED) is 0.505. The number of carbonyl (C=O) groups excluding carboxylic acids is 1. The molecule has 1 N–H and O–H groups in total. The monoisotopic (exact) mass is 476 g/mol. The second kappa shape index (κ2) is 8.99. The Hall–Kier alpha value is -2.69. The van der Waals surface area contributed by atoms with Crippen molar-refractivity contribution in [1.29, 1.82) is 0 Å². The van der Waals surface area contributed by atoms with Crippen LogP contribution in [0.2, 0.25) is 0 Å². The van der Waals surface area contributed by atoms with E-state index in [1.165, 1.54) is 23.8 Å². The Kier molecular flexibility index (Phi) is 6.16. The van der Waals surface area contributed by atoms with Crippen molar-refractivity contribution < 1.29 is 19.2 Å². The van der Waals surface area contributed by atoms with Crippen molar-refractivity contribution in [2.75, 3.05) is 44.8 Å². The number of piperazine rings is 1. The molecule has 0 radical (unpaired) electrons. The highest BCUT2D eigenvalue weighted by atomic mass is 79.9. The Morgan fingerprint density at radius 3 is 2.53 bits per heavy atom. The molecule has 2 aliphatic rings. The van der Waals surface area contributed by atoms with Gasteiger partial charge in [0.2, 0.25) is 12.7 Å². The van der Waals surface area contributed by atoms with E-state index in [1.54, 1.807) is 0 Å². The molecule has 1 amide bonds. The van der Waals surface area contributed by atoms with Crippen LogP contribution >= 0.6 is 15.9 Å². The normalized spacial score (nSPS) is 16.4. The highest BCUT2D eigenvalue weighted by Crippen LogP contribution is 2.33. The number of anilines is 1. The molecule has 30 heavy (non-hydrogen) atoms. The second-order valence-electron chi connectivity index (χ2n) is 7.21. The topological polar surface area (TPSA) is 97.2 Å². The van der Waals surface area contributed by atoms with Crippen molar-refractivity contribution in [3.8, 4) is 11.5 Å². The molecule has 2 aliphatic heterocycles. The summed E-state index contributed by atoms with van der Waals surface area (Å²) in [5.41, 5.74) is 1.67. The van der Waals surface area contributed by atoms with Crippen LogP contribution in [0, 0.1) is 10.1 Å². The van der Waals surface area contributed by atoms with E-state index in [0.29, 0.717) is 10.2 Å². The maximum atomic E-state index is 12.4. The summed E-state index contributed by atoms with van der Waals surface area (Å²) in [5.74, 6) is 1.43. The van der Waals surface area contributed by atoms with Gasteiger partial charge in [-0.15, -0.1) is 0 Å². The Morgan fingerprint density at radius 1 is 1.07 bits per heavy atom. The van der Waals surface area contributed by atoms with Crippen LogP contribution in [-0.2, 0) is 11.3 Å². The molecule has 0 bridgehead atoms.